The highest BCUT2D eigenvalue weighted by atomic mass is 32.2. The Morgan fingerprint density at radius 2 is 2.26 bits per heavy atom. The first-order valence-electron chi connectivity index (χ1n) is 6.12. The van der Waals surface area contributed by atoms with E-state index in [4.69, 9.17) is 5.26 Å². The predicted molar refractivity (Wildman–Crippen MR) is 69.6 cm³/mol. The van der Waals surface area contributed by atoms with Crippen molar-refractivity contribution < 1.29 is 12.8 Å². The van der Waals surface area contributed by atoms with Crippen LogP contribution in [0.2, 0.25) is 0 Å². The molecule has 2 rings (SSSR count). The topological polar surface area (TPSA) is 70.0 Å². The van der Waals surface area contributed by atoms with Gasteiger partial charge in [0.1, 0.15) is 5.82 Å². The molecule has 1 unspecified atom stereocenters. The molecule has 0 bridgehead atoms. The summed E-state index contributed by atoms with van der Waals surface area (Å²) in [5, 5.41) is 11.8. The fourth-order valence-corrected chi connectivity index (χ4v) is 3.89. The molecule has 6 heteroatoms. The van der Waals surface area contributed by atoms with Crippen LogP contribution in [0.25, 0.3) is 0 Å². The Bertz CT molecular complexity index is 608. The first-order valence-corrected chi connectivity index (χ1v) is 7.94. The molecule has 0 radical (unpaired) electrons. The number of benzene rings is 1. The van der Waals surface area contributed by atoms with E-state index >= 15 is 0 Å². The minimum atomic E-state index is -2.97. The van der Waals surface area contributed by atoms with Crippen LogP contribution >= 0.6 is 0 Å². The van der Waals surface area contributed by atoms with Crippen molar-refractivity contribution >= 4 is 9.84 Å². The number of nitrogens with one attached hydrogen (secondary N) is 1. The predicted octanol–water partition coefficient (Wildman–Crippen LogP) is 1.36. The standard InChI is InChI=1S/C13H15FN2O2S/c14-13-4-3-10(7-15)6-11(13)8-16-12-2-1-5-19(17,18)9-12/h3-4,6,12,16H,1-2,5,8-9H2. The molecule has 0 aliphatic carbocycles. The zero-order valence-electron chi connectivity index (χ0n) is 10.4. The van der Waals surface area contributed by atoms with Gasteiger partial charge in [0.25, 0.3) is 0 Å². The molecule has 1 heterocycles. The van der Waals surface area contributed by atoms with Gasteiger partial charge in [0.15, 0.2) is 9.84 Å². The van der Waals surface area contributed by atoms with Crippen molar-refractivity contribution in [2.45, 2.75) is 25.4 Å². The zero-order chi connectivity index (χ0) is 13.9. The monoisotopic (exact) mass is 282 g/mol. The van der Waals surface area contributed by atoms with Gasteiger partial charge in [-0.1, -0.05) is 0 Å². The zero-order valence-corrected chi connectivity index (χ0v) is 11.2. The van der Waals surface area contributed by atoms with Gasteiger partial charge in [-0.25, -0.2) is 12.8 Å². The number of rotatable bonds is 3. The van der Waals surface area contributed by atoms with Gasteiger partial charge in [0.05, 0.1) is 23.1 Å². The Kier molecular flexibility index (Phi) is 4.17. The van der Waals surface area contributed by atoms with Gasteiger partial charge in [0, 0.05) is 18.2 Å². The van der Waals surface area contributed by atoms with Gasteiger partial charge in [-0.15, -0.1) is 0 Å². The second-order valence-corrected chi connectivity index (χ2v) is 6.98. The number of hydrogen-bond acceptors (Lipinski definition) is 4. The molecule has 0 amide bonds. The summed E-state index contributed by atoms with van der Waals surface area (Å²) >= 11 is 0. The lowest BCUT2D eigenvalue weighted by molar-refractivity contribution is 0.473. The number of nitriles is 1. The Morgan fingerprint density at radius 3 is 2.95 bits per heavy atom. The van der Waals surface area contributed by atoms with Crippen LogP contribution in [0.3, 0.4) is 0 Å². The summed E-state index contributed by atoms with van der Waals surface area (Å²) in [4.78, 5) is 0. The molecule has 0 aromatic heterocycles. The summed E-state index contributed by atoms with van der Waals surface area (Å²) in [7, 11) is -2.97. The van der Waals surface area contributed by atoms with E-state index in [9.17, 15) is 12.8 Å². The maximum atomic E-state index is 13.5. The lowest BCUT2D eigenvalue weighted by Gasteiger charge is -2.23. The van der Waals surface area contributed by atoms with Crippen molar-refractivity contribution in [3.05, 3.63) is 35.1 Å². The Labute approximate surface area is 112 Å². The molecule has 1 aromatic rings. The maximum Gasteiger partial charge on any atom is 0.151 e. The third-order valence-electron chi connectivity index (χ3n) is 3.22. The van der Waals surface area contributed by atoms with E-state index in [2.05, 4.69) is 5.32 Å². The normalized spacial score (nSPS) is 21.8. The third kappa shape index (κ3) is 3.75. The van der Waals surface area contributed by atoms with Crippen molar-refractivity contribution in [1.29, 1.82) is 5.26 Å². The van der Waals surface area contributed by atoms with Gasteiger partial charge >= 0.3 is 0 Å². The minimum absolute atomic E-state index is 0.104. The largest absolute Gasteiger partial charge is 0.309 e. The van der Waals surface area contributed by atoms with Crippen molar-refractivity contribution in [1.82, 2.24) is 5.32 Å². The first-order chi connectivity index (χ1) is 9.00. The van der Waals surface area contributed by atoms with Crippen molar-refractivity contribution in [2.24, 2.45) is 0 Å². The second kappa shape index (κ2) is 5.68. The molecule has 1 saturated heterocycles. The van der Waals surface area contributed by atoms with Crippen LogP contribution in [0.15, 0.2) is 18.2 Å². The lowest BCUT2D eigenvalue weighted by Crippen LogP contribution is -2.39. The molecule has 1 N–H and O–H groups in total. The molecular weight excluding hydrogens is 267 g/mol. The highest BCUT2D eigenvalue weighted by Gasteiger charge is 2.24. The van der Waals surface area contributed by atoms with Gasteiger partial charge in [-0.3, -0.25) is 0 Å². The van der Waals surface area contributed by atoms with E-state index in [0.717, 1.165) is 6.42 Å². The first kappa shape index (κ1) is 14.0. The summed E-state index contributed by atoms with van der Waals surface area (Å²) in [6, 6.07) is 5.98. The van der Waals surface area contributed by atoms with Gasteiger partial charge < -0.3 is 5.32 Å². The maximum absolute atomic E-state index is 13.5. The molecule has 19 heavy (non-hydrogen) atoms. The van der Waals surface area contributed by atoms with E-state index in [1.165, 1.54) is 18.2 Å². The molecule has 1 atom stereocenters. The van der Waals surface area contributed by atoms with Crippen LogP contribution in [0.1, 0.15) is 24.0 Å². The summed E-state index contributed by atoms with van der Waals surface area (Å²) in [6.45, 7) is 0.238. The second-order valence-electron chi connectivity index (χ2n) is 4.75. The Balaban J connectivity index is 2.01. The number of halogens is 1. The number of hydrogen-bond donors (Lipinski definition) is 1. The summed E-state index contributed by atoms with van der Waals surface area (Å²) in [6.07, 6.45) is 1.42. The van der Waals surface area contributed by atoms with Gasteiger partial charge in [-0.2, -0.15) is 5.26 Å². The highest BCUT2D eigenvalue weighted by molar-refractivity contribution is 7.91. The van der Waals surface area contributed by atoms with E-state index in [1.54, 1.807) is 0 Å². The Hall–Kier alpha value is -1.45. The van der Waals surface area contributed by atoms with Crippen molar-refractivity contribution in [3.8, 4) is 6.07 Å². The van der Waals surface area contributed by atoms with E-state index < -0.39 is 9.84 Å². The lowest BCUT2D eigenvalue weighted by atomic mass is 10.1. The van der Waals surface area contributed by atoms with Crippen LogP contribution in [-0.4, -0.2) is 26.0 Å². The average Bonchev–Trinajstić information content (AvgIpc) is 2.37. The van der Waals surface area contributed by atoms with E-state index in [-0.39, 0.29) is 29.9 Å². The van der Waals surface area contributed by atoms with Crippen molar-refractivity contribution in [2.75, 3.05) is 11.5 Å². The molecular formula is C13H15FN2O2S. The fourth-order valence-electron chi connectivity index (χ4n) is 2.22. The SMILES string of the molecule is N#Cc1ccc(F)c(CNC2CCCS(=O)(=O)C2)c1. The molecule has 1 aliphatic rings. The third-order valence-corrected chi connectivity index (χ3v) is 5.04. The average molecular weight is 282 g/mol. The van der Waals surface area contributed by atoms with Crippen LogP contribution in [-0.2, 0) is 16.4 Å². The highest BCUT2D eigenvalue weighted by Crippen LogP contribution is 2.14. The van der Waals surface area contributed by atoms with Gasteiger partial charge in [-0.05, 0) is 31.0 Å². The van der Waals surface area contributed by atoms with E-state index in [0.29, 0.717) is 17.5 Å². The summed E-state index contributed by atoms with van der Waals surface area (Å²) in [5.74, 6) is -0.0408. The molecule has 102 valence electrons. The van der Waals surface area contributed by atoms with E-state index in [1.807, 2.05) is 6.07 Å². The minimum Gasteiger partial charge on any atom is -0.309 e. The van der Waals surface area contributed by atoms with Crippen LogP contribution in [0.4, 0.5) is 4.39 Å². The molecule has 1 fully saturated rings. The number of nitrogens with zero attached hydrogens (tertiary/aromatic N) is 1. The van der Waals surface area contributed by atoms with Crippen LogP contribution in [0, 0.1) is 17.1 Å². The molecule has 1 aromatic carbocycles. The van der Waals surface area contributed by atoms with Crippen molar-refractivity contribution in [3.63, 3.8) is 0 Å². The summed E-state index contributed by atoms with van der Waals surface area (Å²) < 4.78 is 36.5. The molecule has 4 nitrogen and oxygen atoms in total. The van der Waals surface area contributed by atoms with Crippen LogP contribution in [0.5, 0.6) is 0 Å². The number of sulfone groups is 1. The smallest absolute Gasteiger partial charge is 0.151 e. The molecule has 0 saturated carbocycles. The quantitative estimate of drug-likeness (QED) is 0.909. The fraction of sp³-hybridized carbons (Fsp3) is 0.462. The molecule has 0 spiro atoms. The van der Waals surface area contributed by atoms with Crippen LogP contribution < -0.4 is 5.32 Å². The Morgan fingerprint density at radius 1 is 1.47 bits per heavy atom. The summed E-state index contributed by atoms with van der Waals surface area (Å²) in [5.41, 5.74) is 0.788. The molecule has 1 aliphatic heterocycles. The van der Waals surface area contributed by atoms with Gasteiger partial charge in [0.2, 0.25) is 0 Å².